The second-order valence-corrected chi connectivity index (χ2v) is 6.37. The zero-order chi connectivity index (χ0) is 12.5. The first-order valence-corrected chi connectivity index (χ1v) is 7.10. The molecule has 3 nitrogen and oxygen atoms in total. The zero-order valence-corrected chi connectivity index (χ0v) is 11.9. The highest BCUT2D eigenvalue weighted by atomic mass is 32.1. The van der Waals surface area contributed by atoms with Gasteiger partial charge in [-0.1, -0.05) is 27.2 Å². The van der Waals surface area contributed by atoms with Gasteiger partial charge in [0, 0.05) is 12.5 Å². The molecular formula is C13H23N3S. The minimum atomic E-state index is 0.443. The van der Waals surface area contributed by atoms with Crippen LogP contribution >= 0.6 is 12.2 Å². The van der Waals surface area contributed by atoms with Gasteiger partial charge in [0.05, 0.1) is 0 Å². The molecule has 1 aromatic rings. The van der Waals surface area contributed by atoms with Gasteiger partial charge in [0.25, 0.3) is 0 Å². The second-order valence-electron chi connectivity index (χ2n) is 5.98. The topological polar surface area (TPSA) is 33.6 Å². The van der Waals surface area contributed by atoms with Crippen molar-refractivity contribution < 1.29 is 0 Å². The van der Waals surface area contributed by atoms with Crippen molar-refractivity contribution in [2.75, 3.05) is 0 Å². The Morgan fingerprint density at radius 1 is 1.53 bits per heavy atom. The molecule has 1 N–H and O–H groups in total. The van der Waals surface area contributed by atoms with Crippen LogP contribution in [0.2, 0.25) is 0 Å². The standard InChI is InChI=1S/C13H23N3S/c1-4-6-11-14-15-12(17)16(11)10-7-5-8-13(2,3)9-10/h10H,4-9H2,1-3H3,(H,15,17). The van der Waals surface area contributed by atoms with Crippen LogP contribution in [-0.2, 0) is 6.42 Å². The first-order valence-electron chi connectivity index (χ1n) is 6.69. The molecule has 1 unspecified atom stereocenters. The fourth-order valence-electron chi connectivity index (χ4n) is 2.99. The van der Waals surface area contributed by atoms with E-state index in [1.165, 1.54) is 25.7 Å². The summed E-state index contributed by atoms with van der Waals surface area (Å²) in [4.78, 5) is 0. The number of hydrogen-bond donors (Lipinski definition) is 1. The molecule has 0 saturated heterocycles. The molecule has 1 atom stereocenters. The molecule has 1 aliphatic rings. The summed E-state index contributed by atoms with van der Waals surface area (Å²) in [5.74, 6) is 1.14. The number of aromatic nitrogens is 3. The van der Waals surface area contributed by atoms with E-state index >= 15 is 0 Å². The molecular weight excluding hydrogens is 230 g/mol. The molecule has 17 heavy (non-hydrogen) atoms. The molecule has 0 radical (unpaired) electrons. The van der Waals surface area contributed by atoms with E-state index in [0.717, 1.165) is 23.4 Å². The Labute approximate surface area is 109 Å². The quantitative estimate of drug-likeness (QED) is 0.825. The molecule has 0 bridgehead atoms. The molecule has 4 heteroatoms. The van der Waals surface area contributed by atoms with Gasteiger partial charge >= 0.3 is 0 Å². The summed E-state index contributed by atoms with van der Waals surface area (Å²) in [7, 11) is 0. The van der Waals surface area contributed by atoms with Gasteiger partial charge in [-0.25, -0.2) is 0 Å². The molecule has 96 valence electrons. The maximum atomic E-state index is 5.39. The van der Waals surface area contributed by atoms with E-state index in [1.54, 1.807) is 0 Å². The van der Waals surface area contributed by atoms with Crippen molar-refractivity contribution >= 4 is 12.2 Å². The highest BCUT2D eigenvalue weighted by Gasteiger charge is 2.30. The number of hydrogen-bond acceptors (Lipinski definition) is 2. The minimum absolute atomic E-state index is 0.443. The van der Waals surface area contributed by atoms with E-state index in [1.807, 2.05) is 0 Å². The second kappa shape index (κ2) is 4.92. The molecule has 0 spiro atoms. The van der Waals surface area contributed by atoms with Crippen LogP contribution in [0.1, 0.15) is 64.7 Å². The van der Waals surface area contributed by atoms with Gasteiger partial charge in [0.2, 0.25) is 0 Å². The molecule has 2 rings (SSSR count). The maximum absolute atomic E-state index is 5.39. The Morgan fingerprint density at radius 2 is 2.29 bits per heavy atom. The number of nitrogens with one attached hydrogen (secondary N) is 1. The smallest absolute Gasteiger partial charge is 0.195 e. The van der Waals surface area contributed by atoms with Crippen LogP contribution < -0.4 is 0 Å². The predicted octanol–water partition coefficient (Wildman–Crippen LogP) is 4.03. The van der Waals surface area contributed by atoms with Gasteiger partial charge in [-0.05, 0) is 43.3 Å². The van der Waals surface area contributed by atoms with Gasteiger partial charge in [0.15, 0.2) is 4.77 Å². The Hall–Kier alpha value is -0.640. The predicted molar refractivity (Wildman–Crippen MR) is 72.7 cm³/mol. The Balaban J connectivity index is 2.26. The molecule has 0 aromatic carbocycles. The molecule has 1 fully saturated rings. The highest BCUT2D eigenvalue weighted by molar-refractivity contribution is 7.71. The third-order valence-corrected chi connectivity index (χ3v) is 4.08. The normalized spacial score (nSPS) is 23.8. The summed E-state index contributed by atoms with van der Waals surface area (Å²) < 4.78 is 3.08. The lowest BCUT2D eigenvalue weighted by Gasteiger charge is -2.36. The van der Waals surface area contributed by atoms with E-state index in [4.69, 9.17) is 12.2 Å². The van der Waals surface area contributed by atoms with Crippen molar-refractivity contribution in [3.05, 3.63) is 10.6 Å². The van der Waals surface area contributed by atoms with Gasteiger partial charge in [-0.3, -0.25) is 5.10 Å². The number of H-pyrrole nitrogens is 1. The summed E-state index contributed by atoms with van der Waals surface area (Å²) in [6.45, 7) is 6.91. The minimum Gasteiger partial charge on any atom is -0.301 e. The summed E-state index contributed by atoms with van der Waals surface area (Å²) in [5.41, 5.74) is 0.443. The van der Waals surface area contributed by atoms with Crippen LogP contribution in [0.5, 0.6) is 0 Å². The number of aryl methyl sites for hydroxylation is 1. The van der Waals surface area contributed by atoms with E-state index < -0.39 is 0 Å². The van der Waals surface area contributed by atoms with Crippen LogP contribution in [0.25, 0.3) is 0 Å². The molecule has 1 heterocycles. The van der Waals surface area contributed by atoms with E-state index in [0.29, 0.717) is 11.5 Å². The average molecular weight is 253 g/mol. The lowest BCUT2D eigenvalue weighted by Crippen LogP contribution is -2.26. The van der Waals surface area contributed by atoms with Crippen molar-refractivity contribution in [3.8, 4) is 0 Å². The third kappa shape index (κ3) is 2.79. The zero-order valence-electron chi connectivity index (χ0n) is 11.1. The Kier molecular flexibility index (Phi) is 3.71. The summed E-state index contributed by atoms with van der Waals surface area (Å²) in [5, 5.41) is 7.34. The van der Waals surface area contributed by atoms with E-state index in [2.05, 4.69) is 35.5 Å². The third-order valence-electron chi connectivity index (χ3n) is 3.80. The lowest BCUT2D eigenvalue weighted by molar-refractivity contribution is 0.180. The number of nitrogens with zero attached hydrogens (tertiary/aromatic N) is 2. The van der Waals surface area contributed by atoms with Gasteiger partial charge in [-0.2, -0.15) is 5.10 Å². The number of rotatable bonds is 3. The summed E-state index contributed by atoms with van der Waals surface area (Å²) >= 11 is 5.39. The molecule has 1 aromatic heterocycles. The van der Waals surface area contributed by atoms with E-state index in [-0.39, 0.29) is 0 Å². The lowest BCUT2D eigenvalue weighted by atomic mass is 9.75. The van der Waals surface area contributed by atoms with E-state index in [9.17, 15) is 0 Å². The van der Waals surface area contributed by atoms with Gasteiger partial charge in [-0.15, -0.1) is 0 Å². The van der Waals surface area contributed by atoms with Gasteiger partial charge in [0.1, 0.15) is 5.82 Å². The monoisotopic (exact) mass is 253 g/mol. The maximum Gasteiger partial charge on any atom is 0.195 e. The fraction of sp³-hybridized carbons (Fsp3) is 0.846. The van der Waals surface area contributed by atoms with Crippen molar-refractivity contribution in [3.63, 3.8) is 0 Å². The van der Waals surface area contributed by atoms with Crippen molar-refractivity contribution in [2.24, 2.45) is 5.41 Å². The molecule has 0 aliphatic heterocycles. The SMILES string of the molecule is CCCc1n[nH]c(=S)n1C1CCCC(C)(C)C1. The van der Waals surface area contributed by atoms with Crippen molar-refractivity contribution in [1.29, 1.82) is 0 Å². The van der Waals surface area contributed by atoms with Crippen LogP contribution in [-0.4, -0.2) is 14.8 Å². The molecule has 1 saturated carbocycles. The largest absolute Gasteiger partial charge is 0.301 e. The van der Waals surface area contributed by atoms with Crippen LogP contribution in [0.4, 0.5) is 0 Å². The summed E-state index contributed by atoms with van der Waals surface area (Å²) in [6.07, 6.45) is 7.24. The molecule has 0 amide bonds. The first kappa shape index (κ1) is 12.8. The molecule has 1 aliphatic carbocycles. The van der Waals surface area contributed by atoms with Crippen LogP contribution in [0, 0.1) is 10.2 Å². The fourth-order valence-corrected chi connectivity index (χ4v) is 3.29. The van der Waals surface area contributed by atoms with Crippen LogP contribution in [0.15, 0.2) is 0 Å². The van der Waals surface area contributed by atoms with Gasteiger partial charge < -0.3 is 4.57 Å². The Morgan fingerprint density at radius 3 is 2.94 bits per heavy atom. The van der Waals surface area contributed by atoms with Crippen molar-refractivity contribution in [2.45, 2.75) is 65.3 Å². The van der Waals surface area contributed by atoms with Crippen LogP contribution in [0.3, 0.4) is 0 Å². The Bertz CT molecular complexity index is 430. The number of aromatic amines is 1. The average Bonchev–Trinajstić information content (AvgIpc) is 2.59. The summed E-state index contributed by atoms with van der Waals surface area (Å²) in [6, 6.07) is 0.548. The van der Waals surface area contributed by atoms with Crippen molar-refractivity contribution in [1.82, 2.24) is 14.8 Å². The first-order chi connectivity index (χ1) is 8.03. The highest BCUT2D eigenvalue weighted by Crippen LogP contribution is 2.41.